The molecule has 2 aliphatic heterocycles. The maximum atomic E-state index is 14.3. The summed E-state index contributed by atoms with van der Waals surface area (Å²) in [5.41, 5.74) is 5.04. The topological polar surface area (TPSA) is 72.7 Å². The Morgan fingerprint density at radius 2 is 0.927 bits per heavy atom. The SMILES string of the molecule is CN1c2ccccc2C2(c3ccccc31)c1ccc(N([O])C(C)(C)C)cc1N([O])c1cc(N([O])C(C)(C)C)ccc12. The van der Waals surface area contributed by atoms with Crippen molar-refractivity contribution in [2.45, 2.75) is 58.0 Å². The van der Waals surface area contributed by atoms with Gasteiger partial charge >= 0.3 is 0 Å². The Morgan fingerprint density at radius 3 is 1.32 bits per heavy atom. The third-order valence-electron chi connectivity index (χ3n) is 8.23. The zero-order chi connectivity index (χ0) is 29.5. The Bertz CT molecular complexity index is 1530. The summed E-state index contributed by atoms with van der Waals surface area (Å²) in [4.78, 5) is 2.18. The first-order valence-corrected chi connectivity index (χ1v) is 13.9. The molecule has 0 unspecified atom stereocenters. The molecular weight excluding hydrogens is 512 g/mol. The molecule has 0 saturated heterocycles. The molecule has 1 spiro atoms. The highest BCUT2D eigenvalue weighted by Gasteiger charge is 2.51. The van der Waals surface area contributed by atoms with Gasteiger partial charge in [0.15, 0.2) is 0 Å². The summed E-state index contributed by atoms with van der Waals surface area (Å²) in [6.45, 7) is 11.1. The number of nitrogens with zero attached hydrogens (tertiary/aromatic N) is 4. The molecule has 2 aliphatic rings. The normalized spacial score (nSPS) is 15.2. The Hall–Kier alpha value is -4.04. The highest BCUT2D eigenvalue weighted by molar-refractivity contribution is 5.91. The fourth-order valence-corrected chi connectivity index (χ4v) is 6.33. The van der Waals surface area contributed by atoms with E-state index in [0.29, 0.717) is 22.7 Å². The van der Waals surface area contributed by atoms with Gasteiger partial charge in [0.05, 0.1) is 39.2 Å². The van der Waals surface area contributed by atoms with Crippen LogP contribution in [0.15, 0.2) is 84.9 Å². The molecular formula is C34H35N4O3. The molecule has 41 heavy (non-hydrogen) atoms. The lowest BCUT2D eigenvalue weighted by Gasteiger charge is -2.49. The fraction of sp³-hybridized carbons (Fsp3) is 0.294. The fourth-order valence-electron chi connectivity index (χ4n) is 6.33. The molecule has 0 bridgehead atoms. The molecule has 2 heterocycles. The van der Waals surface area contributed by atoms with E-state index in [-0.39, 0.29) is 0 Å². The molecule has 6 rings (SSSR count). The summed E-state index contributed by atoms with van der Waals surface area (Å²) in [5, 5.41) is 43.7. The van der Waals surface area contributed by atoms with Gasteiger partial charge in [0.2, 0.25) is 0 Å². The summed E-state index contributed by atoms with van der Waals surface area (Å²) in [5.74, 6) is 0. The van der Waals surface area contributed by atoms with Crippen LogP contribution in [0.4, 0.5) is 34.1 Å². The van der Waals surface area contributed by atoms with E-state index in [1.54, 1.807) is 12.1 Å². The second-order valence-electron chi connectivity index (χ2n) is 13.0. The zero-order valence-corrected chi connectivity index (χ0v) is 24.6. The number of anilines is 6. The van der Waals surface area contributed by atoms with Crippen molar-refractivity contribution in [3.8, 4) is 0 Å². The number of fused-ring (bicyclic) bond motifs is 8. The minimum Gasteiger partial charge on any atom is -0.344 e. The average molecular weight is 548 g/mol. The van der Waals surface area contributed by atoms with Crippen LogP contribution in [-0.4, -0.2) is 18.1 Å². The molecule has 0 N–H and O–H groups in total. The lowest BCUT2D eigenvalue weighted by Crippen LogP contribution is -2.43. The first-order chi connectivity index (χ1) is 19.3. The largest absolute Gasteiger partial charge is 0.344 e. The van der Waals surface area contributed by atoms with E-state index >= 15 is 0 Å². The third-order valence-corrected chi connectivity index (χ3v) is 8.23. The Labute approximate surface area is 242 Å². The molecule has 7 heteroatoms. The van der Waals surface area contributed by atoms with Crippen LogP contribution >= 0.6 is 0 Å². The zero-order valence-electron chi connectivity index (χ0n) is 24.6. The van der Waals surface area contributed by atoms with E-state index < -0.39 is 16.5 Å². The van der Waals surface area contributed by atoms with Crippen molar-refractivity contribution in [3.63, 3.8) is 0 Å². The van der Waals surface area contributed by atoms with E-state index in [1.165, 1.54) is 0 Å². The van der Waals surface area contributed by atoms with Gasteiger partial charge in [-0.1, -0.05) is 64.2 Å². The summed E-state index contributed by atoms with van der Waals surface area (Å²) >= 11 is 0. The van der Waals surface area contributed by atoms with Crippen LogP contribution in [0.5, 0.6) is 0 Å². The monoisotopic (exact) mass is 547 g/mol. The van der Waals surface area contributed by atoms with Gasteiger partial charge in [-0.2, -0.15) is 5.06 Å². The van der Waals surface area contributed by atoms with Gasteiger partial charge in [-0.15, -0.1) is 0 Å². The van der Waals surface area contributed by atoms with Crippen LogP contribution in [0.1, 0.15) is 63.8 Å². The first-order valence-electron chi connectivity index (χ1n) is 13.9. The number of rotatable bonds is 2. The maximum Gasteiger partial charge on any atom is 0.0796 e. The van der Waals surface area contributed by atoms with Crippen molar-refractivity contribution in [1.29, 1.82) is 0 Å². The Morgan fingerprint density at radius 1 is 0.561 bits per heavy atom. The molecule has 0 aliphatic carbocycles. The van der Waals surface area contributed by atoms with E-state index in [0.717, 1.165) is 48.8 Å². The lowest BCUT2D eigenvalue weighted by atomic mass is 9.60. The molecule has 0 saturated carbocycles. The molecule has 0 atom stereocenters. The maximum absolute atomic E-state index is 14.3. The minimum absolute atomic E-state index is 0.389. The molecule has 0 amide bonds. The van der Waals surface area contributed by atoms with Gasteiger partial charge in [-0.3, -0.25) is 0 Å². The standard InChI is InChI=1S/C34H35N4O3/c1-32(2,3)37(40)22-16-18-26-30(20-22)36(39)31-21-23(38(41)33(4,5)6)17-19-27(31)34(26)24-12-8-10-14-28(24)35(7)29-15-11-9-13-25(29)34/h8-21H,1-7H3. The number of hydroxylamine groups is 2. The second kappa shape index (κ2) is 8.98. The summed E-state index contributed by atoms with van der Waals surface area (Å²) in [7, 11) is 2.05. The predicted molar refractivity (Wildman–Crippen MR) is 161 cm³/mol. The Balaban J connectivity index is 1.74. The minimum atomic E-state index is -0.854. The van der Waals surface area contributed by atoms with Gasteiger partial charge in [-0.05, 0) is 100 Å². The second-order valence-corrected chi connectivity index (χ2v) is 13.0. The van der Waals surface area contributed by atoms with E-state index in [1.807, 2.05) is 90.1 Å². The van der Waals surface area contributed by atoms with Crippen LogP contribution < -0.4 is 20.1 Å². The van der Waals surface area contributed by atoms with Gasteiger partial charge in [0.25, 0.3) is 0 Å². The van der Waals surface area contributed by atoms with Gasteiger partial charge in [-0.25, -0.2) is 10.1 Å². The molecule has 4 aromatic carbocycles. The van der Waals surface area contributed by atoms with Crippen LogP contribution in [0, 0.1) is 0 Å². The highest BCUT2D eigenvalue weighted by atomic mass is 16.5. The van der Waals surface area contributed by atoms with Crippen molar-refractivity contribution in [2.75, 3.05) is 27.1 Å². The number of benzene rings is 4. The lowest BCUT2D eigenvalue weighted by molar-refractivity contribution is 0.102. The summed E-state index contributed by atoms with van der Waals surface area (Å²) < 4.78 is 0. The van der Waals surface area contributed by atoms with E-state index in [2.05, 4.69) is 36.2 Å². The highest BCUT2D eigenvalue weighted by Crippen LogP contribution is 2.62. The quantitative estimate of drug-likeness (QED) is 0.240. The van der Waals surface area contributed by atoms with Gasteiger partial charge in [0, 0.05) is 18.4 Å². The number of hydrogen-bond acceptors (Lipinski definition) is 4. The predicted octanol–water partition coefficient (Wildman–Crippen LogP) is 7.85. The summed E-state index contributed by atoms with van der Waals surface area (Å²) in [6, 6.07) is 27.4. The molecule has 3 radical (unpaired) electrons. The van der Waals surface area contributed by atoms with E-state index in [9.17, 15) is 15.6 Å². The van der Waals surface area contributed by atoms with Crippen molar-refractivity contribution in [1.82, 2.24) is 0 Å². The van der Waals surface area contributed by atoms with E-state index in [4.69, 9.17) is 0 Å². The van der Waals surface area contributed by atoms with Gasteiger partial charge < -0.3 is 4.90 Å². The summed E-state index contributed by atoms with van der Waals surface area (Å²) in [6.07, 6.45) is 0. The van der Waals surface area contributed by atoms with Crippen LogP contribution in [0.3, 0.4) is 0 Å². The molecule has 0 aromatic heterocycles. The molecule has 0 fully saturated rings. The Kier molecular flexibility index (Phi) is 5.95. The van der Waals surface area contributed by atoms with Crippen molar-refractivity contribution in [2.24, 2.45) is 0 Å². The smallest absolute Gasteiger partial charge is 0.0796 e. The number of hydrogen-bond donors (Lipinski definition) is 0. The van der Waals surface area contributed by atoms with Gasteiger partial charge in [0.1, 0.15) is 0 Å². The average Bonchev–Trinajstić information content (AvgIpc) is 2.95. The number of para-hydroxylation sites is 2. The molecule has 4 aromatic rings. The van der Waals surface area contributed by atoms with Crippen molar-refractivity contribution >= 4 is 34.1 Å². The van der Waals surface area contributed by atoms with Crippen LogP contribution in [-0.2, 0) is 21.0 Å². The molecule has 7 nitrogen and oxygen atoms in total. The third kappa shape index (κ3) is 3.84. The van der Waals surface area contributed by atoms with Crippen molar-refractivity contribution in [3.05, 3.63) is 107 Å². The molecule has 209 valence electrons. The van der Waals surface area contributed by atoms with Crippen LogP contribution in [0.25, 0.3) is 0 Å². The van der Waals surface area contributed by atoms with Crippen molar-refractivity contribution < 1.29 is 15.6 Å². The first kappa shape index (κ1) is 27.1. The van der Waals surface area contributed by atoms with Crippen LogP contribution in [0.2, 0.25) is 0 Å².